The minimum absolute atomic E-state index is 0.0537. The van der Waals surface area contributed by atoms with E-state index in [0.717, 1.165) is 51.4 Å². The highest BCUT2D eigenvalue weighted by molar-refractivity contribution is 6.30. The van der Waals surface area contributed by atoms with Gasteiger partial charge in [-0.05, 0) is 74.2 Å². The van der Waals surface area contributed by atoms with E-state index in [-0.39, 0.29) is 18.4 Å². The molecule has 0 bridgehead atoms. The number of aryl methyl sites for hydroxylation is 4. The first-order valence-corrected chi connectivity index (χ1v) is 12.4. The van der Waals surface area contributed by atoms with Crippen LogP contribution in [0.1, 0.15) is 50.9 Å². The van der Waals surface area contributed by atoms with Crippen LogP contribution in [0, 0.1) is 27.7 Å². The lowest BCUT2D eigenvalue weighted by molar-refractivity contribution is -0.120. The molecule has 0 aliphatic carbocycles. The lowest BCUT2D eigenvalue weighted by Crippen LogP contribution is -2.31. The lowest BCUT2D eigenvalue weighted by atomic mass is 9.94. The van der Waals surface area contributed by atoms with Crippen molar-refractivity contribution in [3.05, 3.63) is 117 Å². The Bertz CT molecular complexity index is 1310. The number of carbonyl (C=O) groups is 1. The van der Waals surface area contributed by atoms with E-state index in [0.29, 0.717) is 11.6 Å². The van der Waals surface area contributed by atoms with E-state index in [1.807, 2.05) is 63.2 Å². The highest BCUT2D eigenvalue weighted by Crippen LogP contribution is 2.27. The number of nitrogens with one attached hydrogen (secondary N) is 1. The smallest absolute Gasteiger partial charge is 0.225 e. The molecule has 186 valence electrons. The van der Waals surface area contributed by atoms with Crippen LogP contribution in [0.5, 0.6) is 5.75 Å². The number of carbonyl (C=O) groups excluding carboxylic acids is 1. The molecule has 0 radical (unpaired) electrons. The molecule has 1 heterocycles. The Kier molecular flexibility index (Phi) is 8.11. The molecule has 1 unspecified atom stereocenters. The van der Waals surface area contributed by atoms with Crippen molar-refractivity contribution in [1.29, 1.82) is 0 Å². The van der Waals surface area contributed by atoms with Gasteiger partial charge in [-0.2, -0.15) is 0 Å². The zero-order chi connectivity index (χ0) is 25.7. The van der Waals surface area contributed by atoms with Crippen molar-refractivity contribution < 1.29 is 14.1 Å². The van der Waals surface area contributed by atoms with Gasteiger partial charge in [-0.1, -0.05) is 64.8 Å². The van der Waals surface area contributed by atoms with E-state index in [4.69, 9.17) is 20.9 Å². The molecular formula is C30H31ClN2O3. The molecule has 3 aromatic carbocycles. The summed E-state index contributed by atoms with van der Waals surface area (Å²) in [6.45, 7) is 8.44. The highest BCUT2D eigenvalue weighted by atomic mass is 35.5. The first-order valence-electron chi connectivity index (χ1n) is 12.1. The zero-order valence-corrected chi connectivity index (χ0v) is 21.9. The van der Waals surface area contributed by atoms with Crippen molar-refractivity contribution in [2.45, 2.75) is 46.6 Å². The van der Waals surface area contributed by atoms with Gasteiger partial charge < -0.3 is 14.6 Å². The minimum atomic E-state index is -0.262. The average Bonchev–Trinajstić information content (AvgIpc) is 3.17. The van der Waals surface area contributed by atoms with Gasteiger partial charge in [-0.3, -0.25) is 4.79 Å². The number of amides is 1. The summed E-state index contributed by atoms with van der Waals surface area (Å²) in [5.74, 6) is 1.54. The van der Waals surface area contributed by atoms with Gasteiger partial charge in [0.2, 0.25) is 5.91 Å². The summed E-state index contributed by atoms with van der Waals surface area (Å²) in [5.41, 5.74) is 7.16. The summed E-state index contributed by atoms with van der Waals surface area (Å²) in [7, 11) is 0. The average molecular weight is 503 g/mol. The summed E-state index contributed by atoms with van der Waals surface area (Å²) in [5, 5.41) is 7.88. The normalized spacial score (nSPS) is 11.8. The minimum Gasteiger partial charge on any atom is -0.493 e. The van der Waals surface area contributed by atoms with Gasteiger partial charge >= 0.3 is 0 Å². The molecule has 6 heteroatoms. The Labute approximate surface area is 217 Å². The fourth-order valence-electron chi connectivity index (χ4n) is 4.29. The van der Waals surface area contributed by atoms with Crippen LogP contribution in [0.2, 0.25) is 5.02 Å². The van der Waals surface area contributed by atoms with E-state index >= 15 is 0 Å². The van der Waals surface area contributed by atoms with Gasteiger partial charge in [0.1, 0.15) is 11.5 Å². The maximum absolute atomic E-state index is 13.1. The number of halogens is 1. The number of hydrogen-bond acceptors (Lipinski definition) is 4. The van der Waals surface area contributed by atoms with E-state index in [1.54, 1.807) is 0 Å². The predicted molar refractivity (Wildman–Crippen MR) is 143 cm³/mol. The Balaban J connectivity index is 1.40. The molecular weight excluding hydrogens is 472 g/mol. The van der Waals surface area contributed by atoms with Crippen LogP contribution in [-0.2, 0) is 17.6 Å². The number of rotatable bonds is 9. The van der Waals surface area contributed by atoms with Crippen molar-refractivity contribution in [1.82, 2.24) is 10.5 Å². The summed E-state index contributed by atoms with van der Waals surface area (Å²) < 4.78 is 11.1. The number of hydrogen-bond donors (Lipinski definition) is 1. The van der Waals surface area contributed by atoms with E-state index in [1.165, 1.54) is 5.56 Å². The molecule has 1 N–H and O–H groups in total. The van der Waals surface area contributed by atoms with Crippen molar-refractivity contribution in [3.8, 4) is 5.75 Å². The third-order valence-corrected chi connectivity index (χ3v) is 6.58. The molecule has 0 aliphatic rings. The Morgan fingerprint density at radius 3 is 2.36 bits per heavy atom. The summed E-state index contributed by atoms with van der Waals surface area (Å²) in [4.78, 5) is 13.1. The van der Waals surface area contributed by atoms with Crippen molar-refractivity contribution >= 4 is 17.5 Å². The highest BCUT2D eigenvalue weighted by Gasteiger charge is 2.19. The van der Waals surface area contributed by atoms with Gasteiger partial charge in [0.05, 0.1) is 24.8 Å². The van der Waals surface area contributed by atoms with Gasteiger partial charge in [-0.15, -0.1) is 0 Å². The van der Waals surface area contributed by atoms with E-state index in [2.05, 4.69) is 41.7 Å². The van der Waals surface area contributed by atoms with Crippen LogP contribution in [-0.4, -0.2) is 17.7 Å². The van der Waals surface area contributed by atoms with Crippen molar-refractivity contribution in [2.75, 3.05) is 6.61 Å². The number of nitrogens with zero attached hydrogens (tertiary/aromatic N) is 1. The second kappa shape index (κ2) is 11.4. The van der Waals surface area contributed by atoms with E-state index in [9.17, 15) is 4.79 Å². The molecule has 0 aliphatic heterocycles. The Hall–Kier alpha value is -3.57. The van der Waals surface area contributed by atoms with Gasteiger partial charge in [-0.25, -0.2) is 0 Å². The third-order valence-electron chi connectivity index (χ3n) is 6.35. The number of aromatic nitrogens is 1. The molecule has 5 nitrogen and oxygen atoms in total. The zero-order valence-electron chi connectivity index (χ0n) is 21.1. The second-order valence-electron chi connectivity index (χ2n) is 9.13. The lowest BCUT2D eigenvalue weighted by Gasteiger charge is -2.22. The maximum atomic E-state index is 13.1. The number of ether oxygens (including phenoxy) is 1. The molecule has 4 rings (SSSR count). The van der Waals surface area contributed by atoms with Crippen LogP contribution in [0.3, 0.4) is 0 Å². The molecule has 1 amide bonds. The van der Waals surface area contributed by atoms with E-state index < -0.39 is 0 Å². The second-order valence-corrected chi connectivity index (χ2v) is 9.57. The van der Waals surface area contributed by atoms with Crippen LogP contribution >= 0.6 is 11.6 Å². The molecule has 0 saturated carbocycles. The van der Waals surface area contributed by atoms with Crippen LogP contribution in [0.25, 0.3) is 0 Å². The summed E-state index contributed by atoms with van der Waals surface area (Å²) in [6.07, 6.45) is 1.00. The molecule has 1 aromatic heterocycles. The first kappa shape index (κ1) is 25.5. The first-order chi connectivity index (χ1) is 17.3. The summed E-state index contributed by atoms with van der Waals surface area (Å²) in [6, 6.07) is 21.4. The maximum Gasteiger partial charge on any atom is 0.225 e. The van der Waals surface area contributed by atoms with Gasteiger partial charge in [0.25, 0.3) is 0 Å². The molecule has 0 fully saturated rings. The van der Waals surface area contributed by atoms with Crippen LogP contribution < -0.4 is 10.1 Å². The number of benzene rings is 3. The summed E-state index contributed by atoms with van der Waals surface area (Å²) >= 11 is 6.18. The predicted octanol–water partition coefficient (Wildman–Crippen LogP) is 6.63. The molecule has 1 atom stereocenters. The standard InChI is InChI=1S/C30H31ClN2O3/c1-19-5-9-24(10-6-19)30(27-14-11-25(31)17-20(27)2)32-29(34)18-23-7-12-26(13-8-23)35-16-15-28-21(3)33-36-22(28)4/h5-14,17,30H,15-16,18H2,1-4H3,(H,32,34). The molecule has 0 saturated heterocycles. The quantitative estimate of drug-likeness (QED) is 0.279. The largest absolute Gasteiger partial charge is 0.493 e. The SMILES string of the molecule is Cc1ccc(C(NC(=O)Cc2ccc(OCCc3c(C)noc3C)cc2)c2ccc(Cl)cc2C)cc1. The van der Waals surface area contributed by atoms with Crippen LogP contribution in [0.15, 0.2) is 71.3 Å². The fourth-order valence-corrected chi connectivity index (χ4v) is 4.52. The topological polar surface area (TPSA) is 64.4 Å². The fraction of sp³-hybridized carbons (Fsp3) is 0.267. The van der Waals surface area contributed by atoms with Gasteiger partial charge in [0, 0.05) is 17.0 Å². The van der Waals surface area contributed by atoms with Crippen molar-refractivity contribution in [2.24, 2.45) is 0 Å². The van der Waals surface area contributed by atoms with Crippen molar-refractivity contribution in [3.63, 3.8) is 0 Å². The molecule has 36 heavy (non-hydrogen) atoms. The molecule has 4 aromatic rings. The van der Waals surface area contributed by atoms with Gasteiger partial charge in [0.15, 0.2) is 0 Å². The Morgan fingerprint density at radius 1 is 1.00 bits per heavy atom. The third kappa shape index (κ3) is 6.35. The van der Waals surface area contributed by atoms with Crippen LogP contribution in [0.4, 0.5) is 0 Å². The Morgan fingerprint density at radius 2 is 1.72 bits per heavy atom. The molecule has 0 spiro atoms. The monoisotopic (exact) mass is 502 g/mol.